The number of pyridine rings is 1. The molecule has 0 N–H and O–H groups in total. The molecule has 0 aliphatic carbocycles. The van der Waals surface area contributed by atoms with E-state index in [0.717, 1.165) is 31.6 Å². The molecule has 3 aliphatic heterocycles. The van der Waals surface area contributed by atoms with E-state index in [-0.39, 0.29) is 5.78 Å². The average Bonchev–Trinajstić information content (AvgIpc) is 2.92. The molecular weight excluding hydrogens is 378 g/mol. The van der Waals surface area contributed by atoms with Crippen LogP contribution in [0.2, 0.25) is 0 Å². The number of fused-ring (bicyclic) bond motifs is 3. The van der Waals surface area contributed by atoms with E-state index >= 15 is 0 Å². The molecule has 3 aliphatic rings. The minimum absolute atomic E-state index is 0.239. The number of para-hydroxylation sites is 1. The molecule has 5 rings (SSSR count). The number of benzene rings is 1. The molecule has 1 aromatic carbocycles. The van der Waals surface area contributed by atoms with Gasteiger partial charge in [-0.15, -0.1) is 11.8 Å². The van der Waals surface area contributed by atoms with E-state index in [9.17, 15) is 4.79 Å². The second-order valence-corrected chi connectivity index (χ2v) is 9.58. The lowest BCUT2D eigenvalue weighted by Gasteiger charge is -2.29. The predicted molar refractivity (Wildman–Crippen MR) is 119 cm³/mol. The molecule has 0 spiro atoms. The van der Waals surface area contributed by atoms with Gasteiger partial charge in [0.2, 0.25) is 0 Å². The van der Waals surface area contributed by atoms with Crippen molar-refractivity contribution in [3.63, 3.8) is 0 Å². The highest BCUT2D eigenvalue weighted by Gasteiger charge is 2.41. The molecule has 2 atom stereocenters. The first-order valence-corrected chi connectivity index (χ1v) is 12.0. The van der Waals surface area contributed by atoms with Crippen molar-refractivity contribution in [1.29, 1.82) is 0 Å². The van der Waals surface area contributed by atoms with Crippen LogP contribution in [0.15, 0.2) is 47.6 Å². The zero-order valence-corrected chi connectivity index (χ0v) is 17.7. The first kappa shape index (κ1) is 19.1. The van der Waals surface area contributed by atoms with E-state index in [1.54, 1.807) is 23.6 Å². The topological polar surface area (TPSA) is 36.4 Å². The average molecular weight is 408 g/mol. The SMILES string of the molecule is O=C(CCCN1CCC2c3cccc4c3N(CCCS4)C2CC1)c1ccncc1. The molecule has 0 bridgehead atoms. The second kappa shape index (κ2) is 8.49. The quantitative estimate of drug-likeness (QED) is 0.677. The van der Waals surface area contributed by atoms with Crippen molar-refractivity contribution in [1.82, 2.24) is 9.88 Å². The van der Waals surface area contributed by atoms with Gasteiger partial charge in [-0.25, -0.2) is 0 Å². The van der Waals surface area contributed by atoms with Crippen molar-refractivity contribution in [2.45, 2.75) is 49.0 Å². The zero-order chi connectivity index (χ0) is 19.6. The second-order valence-electron chi connectivity index (χ2n) is 8.44. The molecule has 1 fully saturated rings. The summed E-state index contributed by atoms with van der Waals surface area (Å²) in [7, 11) is 0. The number of Topliss-reactive ketones (excluding diaryl/α,β-unsaturated/α-hetero) is 1. The smallest absolute Gasteiger partial charge is 0.163 e. The van der Waals surface area contributed by atoms with Gasteiger partial charge in [-0.1, -0.05) is 12.1 Å². The number of hydrogen-bond acceptors (Lipinski definition) is 5. The Labute approximate surface area is 177 Å². The van der Waals surface area contributed by atoms with Gasteiger partial charge in [0, 0.05) is 54.3 Å². The minimum Gasteiger partial charge on any atom is -0.367 e. The van der Waals surface area contributed by atoms with Crippen molar-refractivity contribution < 1.29 is 4.79 Å². The van der Waals surface area contributed by atoms with Gasteiger partial charge in [0.1, 0.15) is 0 Å². The summed E-state index contributed by atoms with van der Waals surface area (Å²) in [6.07, 6.45) is 8.72. The maximum Gasteiger partial charge on any atom is 0.163 e. The maximum atomic E-state index is 12.3. The molecule has 29 heavy (non-hydrogen) atoms. The molecule has 152 valence electrons. The van der Waals surface area contributed by atoms with Crippen LogP contribution in [0.3, 0.4) is 0 Å². The Hall–Kier alpha value is -1.85. The van der Waals surface area contributed by atoms with Crippen LogP contribution in [-0.4, -0.2) is 53.6 Å². The number of carbonyl (C=O) groups excluding carboxylic acids is 1. The van der Waals surface area contributed by atoms with Crippen molar-refractivity contribution >= 4 is 23.2 Å². The molecule has 4 nitrogen and oxygen atoms in total. The summed E-state index contributed by atoms with van der Waals surface area (Å²) in [5.74, 6) is 2.15. The van der Waals surface area contributed by atoms with E-state index < -0.39 is 0 Å². The van der Waals surface area contributed by atoms with Crippen LogP contribution < -0.4 is 4.90 Å². The van der Waals surface area contributed by atoms with E-state index in [4.69, 9.17) is 0 Å². The van der Waals surface area contributed by atoms with Crippen LogP contribution in [0.1, 0.15) is 53.9 Å². The Bertz CT molecular complexity index is 872. The number of thioether (sulfide) groups is 1. The molecule has 0 radical (unpaired) electrons. The van der Waals surface area contributed by atoms with E-state index in [2.05, 4.69) is 33.0 Å². The fourth-order valence-electron chi connectivity index (χ4n) is 5.37. The number of hydrogen-bond donors (Lipinski definition) is 0. The van der Waals surface area contributed by atoms with E-state index in [1.807, 2.05) is 23.9 Å². The number of carbonyl (C=O) groups is 1. The van der Waals surface area contributed by atoms with Gasteiger partial charge in [0.25, 0.3) is 0 Å². The van der Waals surface area contributed by atoms with Crippen molar-refractivity contribution in [3.05, 3.63) is 53.9 Å². The van der Waals surface area contributed by atoms with Gasteiger partial charge in [-0.3, -0.25) is 9.78 Å². The number of ketones is 1. The summed E-state index contributed by atoms with van der Waals surface area (Å²) < 4.78 is 0. The number of anilines is 1. The van der Waals surface area contributed by atoms with Gasteiger partial charge >= 0.3 is 0 Å². The van der Waals surface area contributed by atoms with Crippen molar-refractivity contribution in [3.8, 4) is 0 Å². The number of rotatable bonds is 5. The molecule has 4 heterocycles. The summed E-state index contributed by atoms with van der Waals surface area (Å²) in [5.41, 5.74) is 3.94. The van der Waals surface area contributed by atoms with Gasteiger partial charge in [-0.05, 0) is 68.3 Å². The summed E-state index contributed by atoms with van der Waals surface area (Å²) in [6, 6.07) is 11.3. The largest absolute Gasteiger partial charge is 0.367 e. The Kier molecular flexibility index (Phi) is 5.60. The van der Waals surface area contributed by atoms with Gasteiger partial charge in [0.15, 0.2) is 5.78 Å². The third kappa shape index (κ3) is 3.82. The van der Waals surface area contributed by atoms with Crippen LogP contribution >= 0.6 is 11.8 Å². The van der Waals surface area contributed by atoms with Crippen LogP contribution in [0.5, 0.6) is 0 Å². The zero-order valence-electron chi connectivity index (χ0n) is 16.9. The van der Waals surface area contributed by atoms with Crippen LogP contribution in [0.25, 0.3) is 0 Å². The van der Waals surface area contributed by atoms with E-state index in [1.165, 1.54) is 36.5 Å². The van der Waals surface area contributed by atoms with Gasteiger partial charge < -0.3 is 9.80 Å². The highest BCUT2D eigenvalue weighted by molar-refractivity contribution is 7.99. The lowest BCUT2D eigenvalue weighted by atomic mass is 9.91. The summed E-state index contributed by atoms with van der Waals surface area (Å²) in [4.78, 5) is 23.2. The standard InChI is InChI=1S/C24H29N3OS/c28-22(18-7-11-25-12-8-18)5-2-13-26-15-9-19-20-4-1-6-23-24(20)27(14-3-17-29-23)21(19)10-16-26/h1,4,6-8,11-12,19,21H,2-3,5,9-10,13-17H2. The summed E-state index contributed by atoms with van der Waals surface area (Å²) >= 11 is 2.04. The third-order valence-corrected chi connectivity index (χ3v) is 7.89. The highest BCUT2D eigenvalue weighted by atomic mass is 32.2. The Morgan fingerprint density at radius 1 is 1.10 bits per heavy atom. The molecular formula is C24H29N3OS. The van der Waals surface area contributed by atoms with Gasteiger partial charge in [0.05, 0.1) is 5.69 Å². The third-order valence-electron chi connectivity index (χ3n) is 6.76. The molecule has 5 heteroatoms. The fraction of sp³-hybridized carbons (Fsp3) is 0.500. The number of likely N-dealkylation sites (tertiary alicyclic amines) is 1. The molecule has 2 unspecified atom stereocenters. The normalized spacial score (nSPS) is 23.8. The predicted octanol–water partition coefficient (Wildman–Crippen LogP) is 4.61. The lowest BCUT2D eigenvalue weighted by molar-refractivity contribution is 0.0974. The van der Waals surface area contributed by atoms with Crippen molar-refractivity contribution in [2.75, 3.05) is 36.8 Å². The van der Waals surface area contributed by atoms with Crippen LogP contribution in [0, 0.1) is 0 Å². The molecule has 2 aromatic rings. The molecule has 0 amide bonds. The fourth-order valence-corrected chi connectivity index (χ4v) is 6.41. The highest BCUT2D eigenvalue weighted by Crippen LogP contribution is 2.50. The Morgan fingerprint density at radius 3 is 2.86 bits per heavy atom. The first-order chi connectivity index (χ1) is 14.3. The first-order valence-electron chi connectivity index (χ1n) is 11.0. The monoisotopic (exact) mass is 407 g/mol. The molecule has 0 saturated carbocycles. The lowest BCUT2D eigenvalue weighted by Crippen LogP contribution is -2.35. The maximum absolute atomic E-state index is 12.3. The molecule has 1 saturated heterocycles. The minimum atomic E-state index is 0.239. The summed E-state index contributed by atoms with van der Waals surface area (Å²) in [6.45, 7) is 4.53. The van der Waals surface area contributed by atoms with Gasteiger partial charge in [-0.2, -0.15) is 0 Å². The number of nitrogens with zero attached hydrogens (tertiary/aromatic N) is 3. The number of aromatic nitrogens is 1. The van der Waals surface area contributed by atoms with Crippen LogP contribution in [0.4, 0.5) is 5.69 Å². The Balaban J connectivity index is 1.21. The molecule has 1 aromatic heterocycles. The van der Waals surface area contributed by atoms with E-state index in [0.29, 0.717) is 18.4 Å². The Morgan fingerprint density at radius 2 is 1.97 bits per heavy atom. The summed E-state index contributed by atoms with van der Waals surface area (Å²) in [5, 5.41) is 0. The van der Waals surface area contributed by atoms with Crippen molar-refractivity contribution in [2.24, 2.45) is 0 Å². The van der Waals surface area contributed by atoms with Crippen LogP contribution in [-0.2, 0) is 0 Å².